The van der Waals surface area contributed by atoms with Crippen molar-refractivity contribution in [3.05, 3.63) is 132 Å². The molecule has 0 saturated heterocycles. The molecule has 10 nitrogen and oxygen atoms in total. The number of aldehydes is 1. The lowest BCUT2D eigenvalue weighted by Gasteiger charge is -2.25. The number of benzene rings is 4. The molecule has 1 amide bonds. The number of ether oxygens (including phenoxy) is 1. The van der Waals surface area contributed by atoms with Gasteiger partial charge in [0.1, 0.15) is 12.0 Å². The van der Waals surface area contributed by atoms with Crippen LogP contribution in [0.4, 0.5) is 5.69 Å². The molecule has 2 atom stereocenters. The zero-order valence-electron chi connectivity index (χ0n) is 29.1. The van der Waals surface area contributed by atoms with E-state index in [1.165, 1.54) is 11.8 Å². The van der Waals surface area contributed by atoms with Crippen LogP contribution in [0.1, 0.15) is 42.4 Å². The van der Waals surface area contributed by atoms with Crippen molar-refractivity contribution < 1.29 is 23.4 Å². The third kappa shape index (κ3) is 11.2. The fraction of sp³-hybridized carbons (Fsp3) is 0.179. The molecular formula is C39H42N5O5PS. The third-order valence-electron chi connectivity index (χ3n) is 7.27. The molecular weight excluding hydrogens is 681 g/mol. The number of allylic oxidation sites excluding steroid dienone is 1. The molecule has 0 aliphatic heterocycles. The van der Waals surface area contributed by atoms with Gasteiger partial charge < -0.3 is 24.8 Å². The lowest BCUT2D eigenvalue weighted by Crippen LogP contribution is -2.30. The van der Waals surface area contributed by atoms with E-state index in [1.807, 2.05) is 80.6 Å². The molecule has 0 bridgehead atoms. The summed E-state index contributed by atoms with van der Waals surface area (Å²) >= 11 is 1.35. The number of hydrogen-bond acceptors (Lipinski definition) is 8. The van der Waals surface area contributed by atoms with Gasteiger partial charge in [0.05, 0.1) is 34.8 Å². The van der Waals surface area contributed by atoms with Gasteiger partial charge in [0.15, 0.2) is 0 Å². The van der Waals surface area contributed by atoms with E-state index in [9.17, 15) is 14.2 Å². The molecule has 5 aromatic rings. The number of methoxy groups -OCH3 is 1. The Morgan fingerprint density at radius 3 is 2.33 bits per heavy atom. The number of carbonyl (C=O) groups is 2. The smallest absolute Gasteiger partial charge is 0.417 e. The van der Waals surface area contributed by atoms with E-state index in [0.29, 0.717) is 50.4 Å². The number of carbonyl (C=O) groups excluding carboxylic acids is 2. The molecule has 4 N–H and O–H groups in total. The number of amides is 1. The third-order valence-corrected chi connectivity index (χ3v) is 10.1. The lowest BCUT2D eigenvalue weighted by molar-refractivity contribution is -0.108. The molecule has 0 spiro atoms. The fourth-order valence-electron chi connectivity index (χ4n) is 4.60. The van der Waals surface area contributed by atoms with Crippen LogP contribution in [0.25, 0.3) is 16.8 Å². The van der Waals surface area contributed by atoms with Crippen LogP contribution >= 0.6 is 19.4 Å². The first kappa shape index (κ1) is 38.7. The van der Waals surface area contributed by atoms with Crippen LogP contribution in [0, 0.1) is 5.41 Å². The fourth-order valence-corrected chi connectivity index (χ4v) is 7.29. The predicted octanol–water partition coefficient (Wildman–Crippen LogP) is 8.64. The van der Waals surface area contributed by atoms with Crippen molar-refractivity contribution >= 4 is 59.9 Å². The normalized spacial score (nSPS) is 12.7. The first-order valence-corrected chi connectivity index (χ1v) is 18.6. The highest BCUT2D eigenvalue weighted by Gasteiger charge is 2.29. The van der Waals surface area contributed by atoms with Gasteiger partial charge in [0.25, 0.3) is 5.91 Å². The van der Waals surface area contributed by atoms with Gasteiger partial charge in [-0.15, -0.1) is 0 Å². The number of nitrogens with one attached hydrogen (secondary N) is 4. The van der Waals surface area contributed by atoms with Crippen LogP contribution < -0.4 is 20.0 Å². The number of anilines is 1. The van der Waals surface area contributed by atoms with Crippen LogP contribution in [0.2, 0.25) is 0 Å². The second-order valence-corrected chi connectivity index (χ2v) is 14.3. The van der Waals surface area contributed by atoms with Gasteiger partial charge >= 0.3 is 7.67 Å². The highest BCUT2D eigenvalue weighted by Crippen LogP contribution is 2.47. The summed E-state index contributed by atoms with van der Waals surface area (Å²) in [6, 6.07) is 30.2. The van der Waals surface area contributed by atoms with Gasteiger partial charge in [-0.1, -0.05) is 66.4 Å². The first-order valence-electron chi connectivity index (χ1n) is 16.2. The van der Waals surface area contributed by atoms with Crippen molar-refractivity contribution in [2.24, 2.45) is 0 Å². The zero-order chi connectivity index (χ0) is 36.8. The molecule has 0 radical (unpaired) electrons. The number of nitrogens with zero attached hydrogens (tertiary/aromatic N) is 1. The molecule has 4 aromatic carbocycles. The second-order valence-electron chi connectivity index (χ2n) is 11.5. The summed E-state index contributed by atoms with van der Waals surface area (Å²) in [4.78, 5) is 30.0. The summed E-state index contributed by atoms with van der Waals surface area (Å²) in [5, 5.41) is 19.1. The molecule has 0 fully saturated rings. The van der Waals surface area contributed by atoms with E-state index >= 15 is 0 Å². The molecule has 0 aliphatic carbocycles. The SMILES string of the molecule is CNC(=O)c1ccccc1Sc1ccc(C(=N)/C=C/c2ccccn2)c(NP(=O)(NC(C)C=O)Oc2cccc3ccccc23)c1.COC(C)C. The maximum atomic E-state index is 14.6. The van der Waals surface area contributed by atoms with Crippen LogP contribution in [0.5, 0.6) is 5.75 Å². The number of fused-ring (bicyclic) bond motifs is 1. The van der Waals surface area contributed by atoms with Crippen LogP contribution in [-0.2, 0) is 14.1 Å². The average molecular weight is 724 g/mol. The molecule has 264 valence electrons. The van der Waals surface area contributed by atoms with Crippen molar-refractivity contribution in [2.45, 2.75) is 42.7 Å². The molecule has 2 unspecified atom stereocenters. The summed E-state index contributed by atoms with van der Waals surface area (Å²) in [6.45, 7) is 5.58. The summed E-state index contributed by atoms with van der Waals surface area (Å²) < 4.78 is 25.6. The van der Waals surface area contributed by atoms with Gasteiger partial charge in [-0.3, -0.25) is 14.9 Å². The van der Waals surface area contributed by atoms with Crippen LogP contribution in [0.3, 0.4) is 0 Å². The van der Waals surface area contributed by atoms with E-state index < -0.39 is 13.7 Å². The van der Waals surface area contributed by atoms with Crippen LogP contribution in [-0.4, -0.2) is 49.2 Å². The Morgan fingerprint density at radius 2 is 1.63 bits per heavy atom. The Kier molecular flexibility index (Phi) is 14.3. The second kappa shape index (κ2) is 18.8. The minimum atomic E-state index is -4.05. The summed E-state index contributed by atoms with van der Waals surface area (Å²) in [5.74, 6) is 0.135. The van der Waals surface area contributed by atoms with Crippen molar-refractivity contribution in [2.75, 3.05) is 19.2 Å². The monoisotopic (exact) mass is 723 g/mol. The van der Waals surface area contributed by atoms with Crippen molar-refractivity contribution in [1.82, 2.24) is 15.4 Å². The Bertz CT molecular complexity index is 2030. The highest BCUT2D eigenvalue weighted by molar-refractivity contribution is 7.99. The van der Waals surface area contributed by atoms with E-state index in [2.05, 4.69) is 20.5 Å². The number of pyridine rings is 1. The number of aromatic nitrogens is 1. The standard InChI is InChI=1S/C35H32N5O4PS.C4H10O/c1-24(23-41)39-45(43,44-33-15-9-11-25-10-3-4-13-28(25)33)40-32-22-27(46-34-16-6-5-14-30(34)35(42)37-2)18-19-29(32)31(36)20-17-26-12-7-8-21-38-26;1-4(2)5-3/h3-24,36H,1-2H3,(H,37,42)(H2,39,40,43);4H,1-3H3/b20-17+,36-31?;. The topological polar surface area (TPSA) is 142 Å². The van der Waals surface area contributed by atoms with Crippen molar-refractivity contribution in [3.63, 3.8) is 0 Å². The molecule has 12 heteroatoms. The Labute approximate surface area is 303 Å². The van der Waals surface area contributed by atoms with Crippen molar-refractivity contribution in [3.8, 4) is 5.75 Å². The van der Waals surface area contributed by atoms with Crippen LogP contribution in [0.15, 0.2) is 125 Å². The molecule has 5 rings (SSSR count). The maximum Gasteiger partial charge on any atom is 0.417 e. The Balaban J connectivity index is 0.00000109. The van der Waals surface area contributed by atoms with E-state index in [1.54, 1.807) is 75.8 Å². The van der Waals surface area contributed by atoms with Gasteiger partial charge in [0.2, 0.25) is 0 Å². The van der Waals surface area contributed by atoms with Crippen molar-refractivity contribution in [1.29, 1.82) is 5.41 Å². The molecule has 1 aromatic heterocycles. The summed E-state index contributed by atoms with van der Waals surface area (Å²) in [7, 11) is -0.780. The largest absolute Gasteiger partial charge is 0.417 e. The number of rotatable bonds is 14. The molecule has 0 aliphatic rings. The Hall–Kier alpha value is -5.06. The van der Waals surface area contributed by atoms with E-state index in [0.717, 1.165) is 10.8 Å². The minimum Gasteiger partial charge on any atom is -0.417 e. The van der Waals surface area contributed by atoms with Gasteiger partial charge in [0, 0.05) is 41.1 Å². The minimum absolute atomic E-state index is 0.121. The van der Waals surface area contributed by atoms with Gasteiger partial charge in [-0.05, 0) is 86.8 Å². The van der Waals surface area contributed by atoms with E-state index in [4.69, 9.17) is 14.7 Å². The lowest BCUT2D eigenvalue weighted by atomic mass is 10.1. The van der Waals surface area contributed by atoms with E-state index in [-0.39, 0.29) is 11.6 Å². The maximum absolute atomic E-state index is 14.6. The number of hydrogen-bond donors (Lipinski definition) is 4. The van der Waals surface area contributed by atoms with Gasteiger partial charge in [-0.25, -0.2) is 9.65 Å². The zero-order valence-corrected chi connectivity index (χ0v) is 30.8. The quantitative estimate of drug-likeness (QED) is 0.0503. The Morgan fingerprint density at radius 1 is 0.922 bits per heavy atom. The highest BCUT2D eigenvalue weighted by atomic mass is 32.2. The average Bonchev–Trinajstić information content (AvgIpc) is 3.14. The molecule has 0 saturated carbocycles. The molecule has 51 heavy (non-hydrogen) atoms. The summed E-state index contributed by atoms with van der Waals surface area (Å²) in [6.07, 6.45) is 6.01. The molecule has 1 heterocycles. The first-order chi connectivity index (χ1) is 24.6. The summed E-state index contributed by atoms with van der Waals surface area (Å²) in [5.41, 5.74) is 2.05. The predicted molar refractivity (Wildman–Crippen MR) is 207 cm³/mol. The van der Waals surface area contributed by atoms with Gasteiger partial charge in [-0.2, -0.15) is 0 Å².